The third kappa shape index (κ3) is 4.50. The van der Waals surface area contributed by atoms with Crippen LogP contribution < -0.4 is 10.6 Å². The van der Waals surface area contributed by atoms with E-state index in [0.717, 1.165) is 20.9 Å². The quantitative estimate of drug-likeness (QED) is 0.477. The number of benzene rings is 2. The summed E-state index contributed by atoms with van der Waals surface area (Å²) >= 11 is 7.48. The van der Waals surface area contributed by atoms with Crippen molar-refractivity contribution in [1.82, 2.24) is 10.6 Å². The van der Waals surface area contributed by atoms with E-state index in [2.05, 4.69) is 10.6 Å². The average Bonchev–Trinajstić information content (AvgIpc) is 3.30. The van der Waals surface area contributed by atoms with E-state index in [0.29, 0.717) is 11.4 Å². The highest BCUT2D eigenvalue weighted by Crippen LogP contribution is 2.30. The van der Waals surface area contributed by atoms with E-state index >= 15 is 0 Å². The second-order valence-electron chi connectivity index (χ2n) is 7.63. The Hall–Kier alpha value is -3.09. The molecule has 7 heteroatoms. The number of hydrogen-bond donors (Lipinski definition) is 3. The summed E-state index contributed by atoms with van der Waals surface area (Å²) in [6.45, 7) is 1.97. The van der Waals surface area contributed by atoms with E-state index in [1.165, 1.54) is 0 Å². The first-order valence-electron chi connectivity index (χ1n) is 9.79. The van der Waals surface area contributed by atoms with Gasteiger partial charge in [0.2, 0.25) is 0 Å². The van der Waals surface area contributed by atoms with Crippen molar-refractivity contribution in [3.8, 4) is 10.4 Å². The predicted molar refractivity (Wildman–Crippen MR) is 123 cm³/mol. The van der Waals surface area contributed by atoms with E-state index in [-0.39, 0.29) is 17.9 Å². The molecule has 0 radical (unpaired) electrons. The molecule has 2 amide bonds. The smallest absolute Gasteiger partial charge is 0.261 e. The molecule has 0 spiro atoms. The van der Waals surface area contributed by atoms with E-state index in [4.69, 9.17) is 11.6 Å². The van der Waals surface area contributed by atoms with Gasteiger partial charge >= 0.3 is 0 Å². The van der Waals surface area contributed by atoms with E-state index in [1.54, 1.807) is 18.3 Å². The number of aliphatic hydroxyl groups excluding tert-OH is 1. The molecule has 1 aromatic heterocycles. The maximum Gasteiger partial charge on any atom is 0.261 e. The topological polar surface area (TPSA) is 78.4 Å². The first kappa shape index (κ1) is 21.2. The lowest BCUT2D eigenvalue weighted by Crippen LogP contribution is -2.43. The largest absolute Gasteiger partial charge is 0.509 e. The summed E-state index contributed by atoms with van der Waals surface area (Å²) in [5.74, 6) is -1.39. The highest BCUT2D eigenvalue weighted by molar-refractivity contribution is 7.15. The van der Waals surface area contributed by atoms with Crippen LogP contribution in [0.3, 0.4) is 0 Å². The lowest BCUT2D eigenvalue weighted by molar-refractivity contribution is -0.123. The summed E-state index contributed by atoms with van der Waals surface area (Å²) in [5, 5.41) is 16.9. The van der Waals surface area contributed by atoms with Crippen LogP contribution in [0.4, 0.5) is 0 Å². The Labute approximate surface area is 189 Å². The molecule has 4 rings (SSSR count). The van der Waals surface area contributed by atoms with Crippen molar-refractivity contribution in [2.75, 3.05) is 0 Å². The van der Waals surface area contributed by atoms with Gasteiger partial charge in [0.15, 0.2) is 0 Å². The SMILES string of the molecule is CC1(Cc2ccccc2)NC(=O)C(C(=O)NCc2ccc(-c3ccc(Cl)cc3)s2)=C1O. The monoisotopic (exact) mass is 452 g/mol. The van der Waals surface area contributed by atoms with Crippen molar-refractivity contribution < 1.29 is 14.7 Å². The summed E-state index contributed by atoms with van der Waals surface area (Å²) in [4.78, 5) is 27.1. The molecule has 1 unspecified atom stereocenters. The molecule has 3 aromatic rings. The number of nitrogens with one attached hydrogen (secondary N) is 2. The molecular formula is C24H21ClN2O3S. The standard InChI is InChI=1S/C24H21ClN2O3S/c1-24(13-15-5-3-2-4-6-15)21(28)20(23(30)27-24)22(29)26-14-18-11-12-19(31-18)16-7-9-17(25)10-8-16/h2-12,28H,13-14H2,1H3,(H,26,29)(H,27,30). The second kappa shape index (κ2) is 8.57. The second-order valence-corrected chi connectivity index (χ2v) is 9.23. The molecule has 0 bridgehead atoms. The molecule has 5 nitrogen and oxygen atoms in total. The summed E-state index contributed by atoms with van der Waals surface area (Å²) in [6, 6.07) is 21.0. The lowest BCUT2D eigenvalue weighted by Gasteiger charge is -2.24. The molecule has 158 valence electrons. The Bertz CT molecular complexity index is 1160. The molecular weight excluding hydrogens is 432 g/mol. The molecule has 0 saturated heterocycles. The number of hydrogen-bond acceptors (Lipinski definition) is 4. The minimum atomic E-state index is -1.02. The molecule has 1 aliphatic heterocycles. The summed E-state index contributed by atoms with van der Waals surface area (Å²) in [7, 11) is 0. The molecule has 2 aromatic carbocycles. The Kier molecular flexibility index (Phi) is 5.85. The fourth-order valence-electron chi connectivity index (χ4n) is 3.60. The Morgan fingerprint density at radius 1 is 1.10 bits per heavy atom. The van der Waals surface area contributed by atoms with Gasteiger partial charge in [0.05, 0.1) is 12.1 Å². The molecule has 1 atom stereocenters. The maximum absolute atomic E-state index is 12.7. The molecule has 2 heterocycles. The summed E-state index contributed by atoms with van der Waals surface area (Å²) in [6.07, 6.45) is 0.386. The van der Waals surface area contributed by atoms with Crippen molar-refractivity contribution in [2.45, 2.75) is 25.4 Å². The van der Waals surface area contributed by atoms with E-state index in [9.17, 15) is 14.7 Å². The Morgan fingerprint density at radius 2 is 1.81 bits per heavy atom. The van der Waals surface area contributed by atoms with Gasteiger partial charge in [0, 0.05) is 21.2 Å². The third-order valence-corrected chi connectivity index (χ3v) is 6.60. The van der Waals surface area contributed by atoms with Crippen LogP contribution in [0.25, 0.3) is 10.4 Å². The zero-order valence-corrected chi connectivity index (χ0v) is 18.4. The van der Waals surface area contributed by atoms with Crippen LogP contribution in [0, 0.1) is 0 Å². The number of amides is 2. The van der Waals surface area contributed by atoms with E-state index < -0.39 is 17.4 Å². The van der Waals surface area contributed by atoms with Gasteiger partial charge in [-0.05, 0) is 42.3 Å². The predicted octanol–water partition coefficient (Wildman–Crippen LogP) is 4.63. The minimum Gasteiger partial charge on any atom is -0.509 e. The fourth-order valence-corrected chi connectivity index (χ4v) is 4.68. The normalized spacial score (nSPS) is 18.2. The van der Waals surface area contributed by atoms with Gasteiger partial charge in [0.25, 0.3) is 11.8 Å². The van der Waals surface area contributed by atoms with Crippen molar-refractivity contribution in [3.63, 3.8) is 0 Å². The fraction of sp³-hybridized carbons (Fsp3) is 0.167. The number of thiophene rings is 1. The van der Waals surface area contributed by atoms with Crippen LogP contribution in [0.15, 0.2) is 78.1 Å². The maximum atomic E-state index is 12.7. The zero-order chi connectivity index (χ0) is 22.0. The molecule has 1 aliphatic rings. The van der Waals surface area contributed by atoms with Crippen molar-refractivity contribution in [2.24, 2.45) is 0 Å². The average molecular weight is 453 g/mol. The van der Waals surface area contributed by atoms with Crippen LogP contribution in [0.2, 0.25) is 5.02 Å². The summed E-state index contributed by atoms with van der Waals surface area (Å²) < 4.78 is 0. The third-order valence-electron chi connectivity index (χ3n) is 5.22. The molecule has 31 heavy (non-hydrogen) atoms. The summed E-state index contributed by atoms with van der Waals surface area (Å²) in [5.41, 5.74) is 0.745. The van der Waals surface area contributed by atoms with Crippen molar-refractivity contribution in [1.29, 1.82) is 0 Å². The van der Waals surface area contributed by atoms with Crippen molar-refractivity contribution in [3.05, 3.63) is 93.5 Å². The van der Waals surface area contributed by atoms with Crippen LogP contribution in [0.1, 0.15) is 17.4 Å². The van der Waals surface area contributed by atoms with Crippen molar-refractivity contribution >= 4 is 34.8 Å². The number of halogens is 1. The van der Waals surface area contributed by atoms with Crippen LogP contribution in [0.5, 0.6) is 0 Å². The highest BCUT2D eigenvalue weighted by atomic mass is 35.5. The Morgan fingerprint density at radius 3 is 2.52 bits per heavy atom. The molecule has 0 fully saturated rings. The minimum absolute atomic E-state index is 0.229. The number of rotatable bonds is 6. The number of carbonyl (C=O) groups is 2. The van der Waals surface area contributed by atoms with Gasteiger partial charge in [-0.3, -0.25) is 9.59 Å². The zero-order valence-electron chi connectivity index (χ0n) is 16.8. The first-order valence-corrected chi connectivity index (χ1v) is 11.0. The van der Waals surface area contributed by atoms with Gasteiger partial charge in [-0.2, -0.15) is 0 Å². The Balaban J connectivity index is 1.45. The molecule has 3 N–H and O–H groups in total. The van der Waals surface area contributed by atoms with Crippen LogP contribution >= 0.6 is 22.9 Å². The number of aliphatic hydroxyl groups is 1. The van der Waals surface area contributed by atoms with Gasteiger partial charge in [-0.1, -0.05) is 54.1 Å². The van der Waals surface area contributed by atoms with Gasteiger partial charge in [-0.15, -0.1) is 11.3 Å². The lowest BCUT2D eigenvalue weighted by atomic mass is 9.91. The first-order chi connectivity index (χ1) is 14.9. The molecule has 0 saturated carbocycles. The number of carbonyl (C=O) groups excluding carboxylic acids is 2. The van der Waals surface area contributed by atoms with Gasteiger partial charge in [-0.25, -0.2) is 0 Å². The van der Waals surface area contributed by atoms with Crippen LogP contribution in [-0.2, 0) is 22.6 Å². The van der Waals surface area contributed by atoms with Crippen LogP contribution in [-0.4, -0.2) is 22.5 Å². The molecule has 0 aliphatic carbocycles. The highest BCUT2D eigenvalue weighted by Gasteiger charge is 2.44. The van der Waals surface area contributed by atoms with E-state index in [1.807, 2.05) is 66.7 Å². The van der Waals surface area contributed by atoms with Gasteiger partial charge in [0.1, 0.15) is 11.3 Å². The van der Waals surface area contributed by atoms with Gasteiger partial charge < -0.3 is 15.7 Å².